The first kappa shape index (κ1) is 20.9. The second-order valence-electron chi connectivity index (χ2n) is 6.89. The number of hydrogen-bond donors (Lipinski definition) is 2. The summed E-state index contributed by atoms with van der Waals surface area (Å²) in [6, 6.07) is 6.21. The van der Waals surface area contributed by atoms with Crippen LogP contribution in [0, 0.1) is 0 Å². The van der Waals surface area contributed by atoms with Crippen LogP contribution >= 0.6 is 0 Å². The molecular weight excluding hydrogens is 352 g/mol. The number of carbonyl (C=O) groups excluding carboxylic acids is 1. The Morgan fingerprint density at radius 2 is 2.15 bits per heavy atom. The number of unbranched alkanes of at least 4 members (excludes halogenated alkanes) is 2. The van der Waals surface area contributed by atoms with E-state index in [0.717, 1.165) is 38.5 Å². The highest BCUT2D eigenvalue weighted by Gasteiger charge is 2.21. The SMILES string of the molecule is CCCCC[C@@H](C)NC(=O)c1cccc(S(=O)(=O)NC[C@@H]2CCCO2)c1. The Bertz CT molecular complexity index is 685. The van der Waals surface area contributed by atoms with Crippen LogP contribution in [0.5, 0.6) is 0 Å². The van der Waals surface area contributed by atoms with Gasteiger partial charge in [-0.05, 0) is 44.4 Å². The second-order valence-corrected chi connectivity index (χ2v) is 8.65. The van der Waals surface area contributed by atoms with Crippen molar-refractivity contribution in [1.29, 1.82) is 0 Å². The quantitative estimate of drug-likeness (QED) is 0.610. The zero-order chi connectivity index (χ0) is 19.0. The number of nitrogens with one attached hydrogen (secondary N) is 2. The first-order valence-electron chi connectivity index (χ1n) is 9.44. The molecule has 1 heterocycles. The van der Waals surface area contributed by atoms with E-state index in [1.54, 1.807) is 12.1 Å². The van der Waals surface area contributed by atoms with Gasteiger partial charge in [0.2, 0.25) is 10.0 Å². The smallest absolute Gasteiger partial charge is 0.251 e. The third-order valence-corrected chi connectivity index (χ3v) is 5.97. The highest BCUT2D eigenvalue weighted by molar-refractivity contribution is 7.89. The molecule has 1 fully saturated rings. The second kappa shape index (κ2) is 10.0. The maximum absolute atomic E-state index is 12.5. The van der Waals surface area contributed by atoms with Crippen molar-refractivity contribution < 1.29 is 17.9 Å². The average molecular weight is 383 g/mol. The Morgan fingerprint density at radius 3 is 2.85 bits per heavy atom. The molecule has 0 unspecified atom stereocenters. The van der Waals surface area contributed by atoms with Crippen LogP contribution in [0.2, 0.25) is 0 Å². The average Bonchev–Trinajstić information content (AvgIpc) is 3.14. The zero-order valence-electron chi connectivity index (χ0n) is 15.7. The molecule has 26 heavy (non-hydrogen) atoms. The summed E-state index contributed by atoms with van der Waals surface area (Å²) in [6.07, 6.45) is 6.02. The number of benzene rings is 1. The van der Waals surface area contributed by atoms with Crippen molar-refractivity contribution >= 4 is 15.9 Å². The van der Waals surface area contributed by atoms with Crippen molar-refractivity contribution in [2.24, 2.45) is 0 Å². The molecule has 1 aliphatic heterocycles. The highest BCUT2D eigenvalue weighted by atomic mass is 32.2. The first-order valence-corrected chi connectivity index (χ1v) is 10.9. The molecule has 2 atom stereocenters. The number of hydrogen-bond acceptors (Lipinski definition) is 4. The lowest BCUT2D eigenvalue weighted by atomic mass is 10.1. The van der Waals surface area contributed by atoms with Crippen LogP contribution in [0.15, 0.2) is 29.2 Å². The van der Waals surface area contributed by atoms with Crippen molar-refractivity contribution in [3.8, 4) is 0 Å². The molecule has 0 aromatic heterocycles. The number of sulfonamides is 1. The van der Waals surface area contributed by atoms with Gasteiger partial charge in [-0.3, -0.25) is 4.79 Å². The fraction of sp³-hybridized carbons (Fsp3) is 0.632. The Balaban J connectivity index is 1.95. The van der Waals surface area contributed by atoms with Crippen molar-refractivity contribution in [3.05, 3.63) is 29.8 Å². The Hall–Kier alpha value is -1.44. The largest absolute Gasteiger partial charge is 0.377 e. The summed E-state index contributed by atoms with van der Waals surface area (Å²) in [6.45, 7) is 5.05. The van der Waals surface area contributed by atoms with Gasteiger partial charge in [-0.25, -0.2) is 13.1 Å². The van der Waals surface area contributed by atoms with Gasteiger partial charge in [0, 0.05) is 24.8 Å². The van der Waals surface area contributed by atoms with E-state index in [0.29, 0.717) is 12.2 Å². The third-order valence-electron chi connectivity index (χ3n) is 4.55. The van der Waals surface area contributed by atoms with Gasteiger partial charge in [0.05, 0.1) is 11.0 Å². The fourth-order valence-electron chi connectivity index (χ4n) is 2.98. The lowest BCUT2D eigenvalue weighted by molar-refractivity contribution is 0.0937. The predicted octanol–water partition coefficient (Wildman–Crippen LogP) is 2.84. The van der Waals surface area contributed by atoms with Crippen molar-refractivity contribution in [2.45, 2.75) is 69.4 Å². The monoisotopic (exact) mass is 382 g/mol. The normalized spacial score (nSPS) is 18.6. The van der Waals surface area contributed by atoms with Gasteiger partial charge in [0.25, 0.3) is 5.91 Å². The molecule has 0 bridgehead atoms. The molecule has 1 aliphatic rings. The van der Waals surface area contributed by atoms with E-state index in [1.165, 1.54) is 12.1 Å². The van der Waals surface area contributed by atoms with E-state index in [1.807, 2.05) is 6.92 Å². The van der Waals surface area contributed by atoms with Crippen LogP contribution in [0.1, 0.15) is 62.7 Å². The number of amides is 1. The van der Waals surface area contributed by atoms with Crippen LogP contribution < -0.4 is 10.0 Å². The fourth-order valence-corrected chi connectivity index (χ4v) is 4.09. The van der Waals surface area contributed by atoms with Crippen molar-refractivity contribution in [2.75, 3.05) is 13.2 Å². The molecular formula is C19H30N2O4S. The van der Waals surface area contributed by atoms with E-state index in [4.69, 9.17) is 4.74 Å². The Labute approximate surface area is 156 Å². The molecule has 0 spiro atoms. The zero-order valence-corrected chi connectivity index (χ0v) is 16.5. The van der Waals surface area contributed by atoms with Gasteiger partial charge in [0.1, 0.15) is 0 Å². The van der Waals surface area contributed by atoms with Crippen LogP contribution in [-0.4, -0.2) is 39.6 Å². The molecule has 6 nitrogen and oxygen atoms in total. The molecule has 1 saturated heterocycles. The van der Waals surface area contributed by atoms with Crippen LogP contribution in [0.25, 0.3) is 0 Å². The summed E-state index contributed by atoms with van der Waals surface area (Å²) in [5.74, 6) is -0.245. The van der Waals surface area contributed by atoms with Gasteiger partial charge in [-0.15, -0.1) is 0 Å². The molecule has 1 aromatic rings. The van der Waals surface area contributed by atoms with E-state index in [2.05, 4.69) is 17.0 Å². The van der Waals surface area contributed by atoms with Gasteiger partial charge in [-0.1, -0.05) is 32.3 Å². The minimum Gasteiger partial charge on any atom is -0.377 e. The van der Waals surface area contributed by atoms with E-state index >= 15 is 0 Å². The van der Waals surface area contributed by atoms with E-state index in [9.17, 15) is 13.2 Å². The molecule has 1 aromatic carbocycles. The molecule has 146 valence electrons. The number of carbonyl (C=O) groups is 1. The standard InChI is InChI=1S/C19H30N2O4S/c1-3-4-5-8-15(2)21-19(22)16-9-6-11-18(13-16)26(23,24)20-14-17-10-7-12-25-17/h6,9,11,13,15,17,20H,3-5,7-8,10,12,14H2,1-2H3,(H,21,22)/t15-,17+/m1/s1. The topological polar surface area (TPSA) is 84.5 Å². The molecule has 2 rings (SSSR count). The summed E-state index contributed by atoms with van der Waals surface area (Å²) < 4.78 is 32.9. The lowest BCUT2D eigenvalue weighted by Gasteiger charge is -2.15. The molecule has 0 aliphatic carbocycles. The maximum atomic E-state index is 12.5. The molecule has 2 N–H and O–H groups in total. The van der Waals surface area contributed by atoms with Crippen LogP contribution in [0.3, 0.4) is 0 Å². The minimum atomic E-state index is -3.66. The summed E-state index contributed by atoms with van der Waals surface area (Å²) in [4.78, 5) is 12.5. The highest BCUT2D eigenvalue weighted by Crippen LogP contribution is 2.15. The number of ether oxygens (including phenoxy) is 1. The van der Waals surface area contributed by atoms with E-state index in [-0.39, 0.29) is 29.5 Å². The van der Waals surface area contributed by atoms with Crippen LogP contribution in [-0.2, 0) is 14.8 Å². The maximum Gasteiger partial charge on any atom is 0.251 e. The Morgan fingerprint density at radius 1 is 1.35 bits per heavy atom. The van der Waals surface area contributed by atoms with Crippen molar-refractivity contribution in [3.63, 3.8) is 0 Å². The summed E-state index contributed by atoms with van der Waals surface area (Å²) in [5.41, 5.74) is 0.354. The van der Waals surface area contributed by atoms with Gasteiger partial charge >= 0.3 is 0 Å². The van der Waals surface area contributed by atoms with Crippen molar-refractivity contribution in [1.82, 2.24) is 10.0 Å². The van der Waals surface area contributed by atoms with Gasteiger partial charge < -0.3 is 10.1 Å². The van der Waals surface area contributed by atoms with Gasteiger partial charge in [-0.2, -0.15) is 0 Å². The minimum absolute atomic E-state index is 0.0620. The van der Waals surface area contributed by atoms with Gasteiger partial charge in [0.15, 0.2) is 0 Å². The Kier molecular flexibility index (Phi) is 8.06. The number of rotatable bonds is 10. The van der Waals surface area contributed by atoms with E-state index < -0.39 is 10.0 Å². The predicted molar refractivity (Wildman–Crippen MR) is 102 cm³/mol. The van der Waals surface area contributed by atoms with Crippen LogP contribution in [0.4, 0.5) is 0 Å². The lowest BCUT2D eigenvalue weighted by Crippen LogP contribution is -2.33. The summed E-state index contributed by atoms with van der Waals surface area (Å²) >= 11 is 0. The molecule has 0 radical (unpaired) electrons. The summed E-state index contributed by atoms with van der Waals surface area (Å²) in [7, 11) is -3.66. The summed E-state index contributed by atoms with van der Waals surface area (Å²) in [5, 5.41) is 2.94. The molecule has 1 amide bonds. The third kappa shape index (κ3) is 6.37. The molecule has 7 heteroatoms. The first-order chi connectivity index (χ1) is 12.4. The molecule has 0 saturated carbocycles.